The lowest BCUT2D eigenvalue weighted by molar-refractivity contribution is 0.0748. The lowest BCUT2D eigenvalue weighted by Gasteiger charge is -2.24. The lowest BCUT2D eigenvalue weighted by Crippen LogP contribution is -2.38. The van der Waals surface area contributed by atoms with Crippen LogP contribution in [-0.4, -0.2) is 48.8 Å². The molecule has 0 bridgehead atoms. The van der Waals surface area contributed by atoms with E-state index in [9.17, 15) is 13.2 Å². The molecule has 0 N–H and O–H groups in total. The van der Waals surface area contributed by atoms with Gasteiger partial charge in [0.25, 0.3) is 5.91 Å². The molecule has 1 aliphatic heterocycles. The number of aryl methyl sites for hydroxylation is 1. The molecule has 2 aromatic carbocycles. The number of carbonyl (C=O) groups excluding carboxylic acids is 1. The quantitative estimate of drug-likeness (QED) is 0.657. The molecule has 29 heavy (non-hydrogen) atoms. The van der Waals surface area contributed by atoms with Gasteiger partial charge in [0.15, 0.2) is 15.6 Å². The zero-order chi connectivity index (χ0) is 20.6. The summed E-state index contributed by atoms with van der Waals surface area (Å²) in [5.74, 6) is 0.872. The third kappa shape index (κ3) is 3.96. The minimum absolute atomic E-state index is 0.00792. The van der Waals surface area contributed by atoms with Crippen molar-refractivity contribution < 1.29 is 17.6 Å². The van der Waals surface area contributed by atoms with Crippen LogP contribution in [0.1, 0.15) is 22.3 Å². The molecule has 0 saturated carbocycles. The zero-order valence-corrected chi connectivity index (χ0v) is 17.1. The molecule has 0 aliphatic carbocycles. The van der Waals surface area contributed by atoms with Crippen molar-refractivity contribution in [3.8, 4) is 22.8 Å². The fourth-order valence-corrected chi connectivity index (χ4v) is 5.32. The Balaban J connectivity index is 1.64. The second-order valence-corrected chi connectivity index (χ2v) is 9.64. The van der Waals surface area contributed by atoms with Gasteiger partial charge in [-0.25, -0.2) is 13.4 Å². The number of sulfone groups is 1. The van der Waals surface area contributed by atoms with Gasteiger partial charge >= 0.3 is 0 Å². The molecular weight excluding hydrogens is 388 g/mol. The van der Waals surface area contributed by atoms with Crippen LogP contribution >= 0.6 is 0 Å². The molecule has 1 aromatic heterocycles. The van der Waals surface area contributed by atoms with Gasteiger partial charge < -0.3 is 9.32 Å². The second kappa shape index (κ2) is 7.48. The molecule has 2 heterocycles. The second-order valence-electron chi connectivity index (χ2n) is 7.41. The molecule has 0 radical (unpaired) electrons. The highest BCUT2D eigenvalue weighted by Gasteiger charge is 2.33. The summed E-state index contributed by atoms with van der Waals surface area (Å²) in [5.41, 5.74) is 3.09. The number of oxazole rings is 1. The van der Waals surface area contributed by atoms with Crippen molar-refractivity contribution in [1.82, 2.24) is 9.88 Å². The van der Waals surface area contributed by atoms with Crippen molar-refractivity contribution in [2.75, 3.05) is 18.6 Å². The Labute approximate surface area is 170 Å². The summed E-state index contributed by atoms with van der Waals surface area (Å²) in [6.45, 7) is 2.02. The Kier molecular flexibility index (Phi) is 5.00. The maximum Gasteiger partial charge on any atom is 0.254 e. The van der Waals surface area contributed by atoms with Gasteiger partial charge in [-0.3, -0.25) is 4.79 Å². The van der Waals surface area contributed by atoms with Gasteiger partial charge in [0, 0.05) is 24.2 Å². The normalized spacial score (nSPS) is 17.9. The van der Waals surface area contributed by atoms with E-state index in [1.54, 1.807) is 31.4 Å². The van der Waals surface area contributed by atoms with Crippen molar-refractivity contribution in [3.05, 3.63) is 65.9 Å². The summed E-state index contributed by atoms with van der Waals surface area (Å²) in [6.07, 6.45) is 2.11. The highest BCUT2D eigenvalue weighted by Crippen LogP contribution is 2.29. The van der Waals surface area contributed by atoms with Crippen molar-refractivity contribution in [2.24, 2.45) is 0 Å². The maximum atomic E-state index is 13.1. The van der Waals surface area contributed by atoms with Crippen LogP contribution in [0.2, 0.25) is 0 Å². The van der Waals surface area contributed by atoms with Gasteiger partial charge in [0.1, 0.15) is 0 Å². The number of aromatic nitrogens is 1. The number of benzene rings is 2. The van der Waals surface area contributed by atoms with Crippen molar-refractivity contribution in [2.45, 2.75) is 19.4 Å². The number of amides is 1. The Bertz CT molecular complexity index is 1150. The molecule has 7 heteroatoms. The molecular formula is C22H22N2O4S. The molecule has 1 amide bonds. The van der Waals surface area contributed by atoms with E-state index in [0.717, 1.165) is 11.1 Å². The first kappa shape index (κ1) is 19.4. The number of nitrogens with zero attached hydrogens (tertiary/aromatic N) is 2. The number of rotatable bonds is 4. The first-order chi connectivity index (χ1) is 13.8. The van der Waals surface area contributed by atoms with Crippen LogP contribution in [0.25, 0.3) is 22.8 Å². The molecule has 0 spiro atoms. The van der Waals surface area contributed by atoms with Crippen LogP contribution in [0.15, 0.2) is 59.1 Å². The van der Waals surface area contributed by atoms with E-state index in [1.165, 1.54) is 4.90 Å². The van der Waals surface area contributed by atoms with Gasteiger partial charge in [-0.1, -0.05) is 42.0 Å². The van der Waals surface area contributed by atoms with Crippen molar-refractivity contribution in [1.29, 1.82) is 0 Å². The summed E-state index contributed by atoms with van der Waals surface area (Å²) >= 11 is 0. The standard InChI is InChI=1S/C22H22N2O4S/c1-15-7-9-16(10-8-15)20-13-23-21(28-20)18-5-3-4-6-19(18)22(25)24(2)17-11-12-29(26,27)14-17/h3-10,13,17H,11-12,14H2,1-2H3. The summed E-state index contributed by atoms with van der Waals surface area (Å²) in [5, 5.41) is 0. The molecule has 1 atom stereocenters. The van der Waals surface area contributed by atoms with Crippen LogP contribution in [0.3, 0.4) is 0 Å². The monoisotopic (exact) mass is 410 g/mol. The van der Waals surface area contributed by atoms with Crippen molar-refractivity contribution in [3.63, 3.8) is 0 Å². The SMILES string of the molecule is Cc1ccc(-c2cnc(-c3ccccc3C(=O)N(C)C3CCS(=O)(=O)C3)o2)cc1. The topological polar surface area (TPSA) is 80.5 Å². The Hall–Kier alpha value is -2.93. The molecule has 3 aromatic rings. The smallest absolute Gasteiger partial charge is 0.254 e. The van der Waals surface area contributed by atoms with Crippen molar-refractivity contribution >= 4 is 15.7 Å². The average molecular weight is 410 g/mol. The third-order valence-corrected chi connectivity index (χ3v) is 7.06. The van der Waals surface area contributed by atoms with E-state index in [-0.39, 0.29) is 23.5 Å². The van der Waals surface area contributed by atoms with Gasteiger partial charge in [0.05, 0.1) is 23.3 Å². The van der Waals surface area contributed by atoms with Crippen LogP contribution < -0.4 is 0 Å². The molecule has 150 valence electrons. The van der Waals surface area contributed by atoms with Gasteiger partial charge in [-0.15, -0.1) is 0 Å². The van der Waals surface area contributed by atoms with Crippen LogP contribution in [0.5, 0.6) is 0 Å². The maximum absolute atomic E-state index is 13.1. The first-order valence-electron chi connectivity index (χ1n) is 9.44. The minimum Gasteiger partial charge on any atom is -0.436 e. The number of hydrogen-bond donors (Lipinski definition) is 0. The number of hydrogen-bond acceptors (Lipinski definition) is 5. The minimum atomic E-state index is -3.07. The van der Waals surface area contributed by atoms with E-state index in [4.69, 9.17) is 4.42 Å². The zero-order valence-electron chi connectivity index (χ0n) is 16.3. The lowest BCUT2D eigenvalue weighted by atomic mass is 10.1. The highest BCUT2D eigenvalue weighted by molar-refractivity contribution is 7.91. The van der Waals surface area contributed by atoms with Gasteiger partial charge in [0.2, 0.25) is 5.89 Å². The number of carbonyl (C=O) groups is 1. The van der Waals surface area contributed by atoms with Gasteiger partial charge in [-0.2, -0.15) is 0 Å². The summed E-state index contributed by atoms with van der Waals surface area (Å²) in [7, 11) is -1.42. The third-order valence-electron chi connectivity index (χ3n) is 5.31. The predicted octanol–water partition coefficient (Wildman–Crippen LogP) is 3.58. The van der Waals surface area contributed by atoms with E-state index < -0.39 is 9.84 Å². The Morgan fingerprint density at radius 1 is 1.14 bits per heavy atom. The van der Waals surface area contributed by atoms with E-state index in [1.807, 2.05) is 37.3 Å². The van der Waals surface area contributed by atoms with E-state index in [2.05, 4.69) is 4.98 Å². The summed E-state index contributed by atoms with van der Waals surface area (Å²) in [6, 6.07) is 14.7. The Morgan fingerprint density at radius 2 is 1.86 bits per heavy atom. The van der Waals surface area contributed by atoms with Crippen LogP contribution in [0.4, 0.5) is 0 Å². The first-order valence-corrected chi connectivity index (χ1v) is 11.3. The van der Waals surface area contributed by atoms with Gasteiger partial charge in [-0.05, 0) is 25.5 Å². The fourth-order valence-electron chi connectivity index (χ4n) is 3.54. The van der Waals surface area contributed by atoms with Crippen LogP contribution in [-0.2, 0) is 9.84 Å². The molecule has 6 nitrogen and oxygen atoms in total. The molecule has 1 unspecified atom stereocenters. The van der Waals surface area contributed by atoms with E-state index >= 15 is 0 Å². The average Bonchev–Trinajstić information content (AvgIpc) is 3.34. The highest BCUT2D eigenvalue weighted by atomic mass is 32.2. The van der Waals surface area contributed by atoms with Crippen LogP contribution in [0, 0.1) is 6.92 Å². The largest absolute Gasteiger partial charge is 0.436 e. The fraction of sp³-hybridized carbons (Fsp3) is 0.273. The molecule has 1 saturated heterocycles. The predicted molar refractivity (Wildman–Crippen MR) is 111 cm³/mol. The summed E-state index contributed by atoms with van der Waals surface area (Å²) < 4.78 is 29.5. The molecule has 1 aliphatic rings. The molecule has 4 rings (SSSR count). The summed E-state index contributed by atoms with van der Waals surface area (Å²) in [4.78, 5) is 19.0. The Morgan fingerprint density at radius 3 is 2.55 bits per heavy atom. The van der Waals surface area contributed by atoms with E-state index in [0.29, 0.717) is 29.2 Å². The molecule has 1 fully saturated rings.